The van der Waals surface area contributed by atoms with Crippen LogP contribution in [0, 0.1) is 0 Å². The fraction of sp³-hybridized carbons (Fsp3) is 0.185. The van der Waals surface area contributed by atoms with E-state index in [9.17, 15) is 31.2 Å². The van der Waals surface area contributed by atoms with Crippen molar-refractivity contribution in [3.05, 3.63) is 99.8 Å². The lowest BCUT2D eigenvalue weighted by Gasteiger charge is -2.24. The minimum absolute atomic E-state index is 0.0934. The Kier molecular flexibility index (Phi) is 6.13. The fourth-order valence-corrected chi connectivity index (χ4v) is 6.81. The molecule has 1 atom stereocenters. The first-order chi connectivity index (χ1) is 18.3. The number of carbonyl (C=O) groups is 1. The molecular weight excluding hydrogens is 545 g/mol. The summed E-state index contributed by atoms with van der Waals surface area (Å²) in [7, 11) is -3.67. The first-order valence-electron chi connectivity index (χ1n) is 11.4. The van der Waals surface area contributed by atoms with Crippen molar-refractivity contribution >= 4 is 26.6 Å². The van der Waals surface area contributed by atoms with E-state index in [1.807, 2.05) is 0 Å². The Hall–Kier alpha value is -4.06. The summed E-state index contributed by atoms with van der Waals surface area (Å²) in [5.74, 6) is -6.15. The standard InChI is InChI=1S/C27H18F5NO5S/c1-38-25(35)21-14-39(36,37)24-23(16-8-4-9-17(12-16)27(30,31)32)20(13-22(34)33(21)24)26(28,29)19-11-5-7-15-6-2-3-10-18(15)19/h2-13,21H,14H2,1H3. The van der Waals surface area contributed by atoms with Gasteiger partial charge in [0.05, 0.1) is 18.4 Å². The van der Waals surface area contributed by atoms with Gasteiger partial charge < -0.3 is 4.74 Å². The molecule has 39 heavy (non-hydrogen) atoms. The highest BCUT2D eigenvalue weighted by Gasteiger charge is 2.47. The second-order valence-corrected chi connectivity index (χ2v) is 10.9. The van der Waals surface area contributed by atoms with E-state index < -0.39 is 78.1 Å². The summed E-state index contributed by atoms with van der Waals surface area (Å²) < 4.78 is 105. The molecule has 202 valence electrons. The molecule has 1 aromatic heterocycles. The van der Waals surface area contributed by atoms with Crippen LogP contribution in [0.4, 0.5) is 22.0 Å². The molecule has 4 aromatic rings. The lowest BCUT2D eigenvalue weighted by Crippen LogP contribution is -2.31. The van der Waals surface area contributed by atoms with E-state index in [4.69, 9.17) is 0 Å². The molecular formula is C27H18F5NO5S. The van der Waals surface area contributed by atoms with Crippen LogP contribution in [0.25, 0.3) is 21.9 Å². The number of carbonyl (C=O) groups excluding carboxylic acids is 1. The Balaban J connectivity index is 1.92. The summed E-state index contributed by atoms with van der Waals surface area (Å²) in [6, 6.07) is 12.1. The van der Waals surface area contributed by atoms with Gasteiger partial charge in [0.15, 0.2) is 9.84 Å². The van der Waals surface area contributed by atoms with Gasteiger partial charge in [-0.25, -0.2) is 13.2 Å². The highest BCUT2D eigenvalue weighted by Crippen LogP contribution is 2.47. The summed E-state index contributed by atoms with van der Waals surface area (Å²) in [5.41, 5.74) is -5.47. The van der Waals surface area contributed by atoms with Crippen molar-refractivity contribution in [1.29, 1.82) is 0 Å². The molecule has 0 N–H and O–H groups in total. The average Bonchev–Trinajstić information content (AvgIpc) is 3.19. The molecule has 0 saturated heterocycles. The van der Waals surface area contributed by atoms with Crippen LogP contribution in [-0.2, 0) is 31.5 Å². The van der Waals surface area contributed by atoms with Gasteiger partial charge in [-0.3, -0.25) is 9.36 Å². The molecule has 0 saturated carbocycles. The molecule has 0 fully saturated rings. The number of pyridine rings is 1. The van der Waals surface area contributed by atoms with Crippen LogP contribution in [0.15, 0.2) is 82.6 Å². The number of halogens is 5. The largest absolute Gasteiger partial charge is 0.467 e. The van der Waals surface area contributed by atoms with Gasteiger partial charge in [0.25, 0.3) is 11.5 Å². The van der Waals surface area contributed by atoms with Crippen molar-refractivity contribution in [3.63, 3.8) is 0 Å². The van der Waals surface area contributed by atoms with Crippen LogP contribution in [0.5, 0.6) is 0 Å². The second kappa shape index (κ2) is 9.01. The van der Waals surface area contributed by atoms with Crippen molar-refractivity contribution < 1.29 is 39.9 Å². The minimum Gasteiger partial charge on any atom is -0.467 e. The van der Waals surface area contributed by atoms with Crippen molar-refractivity contribution in [2.75, 3.05) is 12.9 Å². The first-order valence-corrected chi connectivity index (χ1v) is 13.1. The van der Waals surface area contributed by atoms with Gasteiger partial charge in [0.2, 0.25) is 0 Å². The number of methoxy groups -OCH3 is 1. The van der Waals surface area contributed by atoms with Crippen molar-refractivity contribution in [3.8, 4) is 11.1 Å². The molecule has 0 spiro atoms. The summed E-state index contributed by atoms with van der Waals surface area (Å²) >= 11 is 0. The molecule has 1 unspecified atom stereocenters. The molecule has 5 rings (SSSR count). The number of rotatable bonds is 4. The Morgan fingerprint density at radius 3 is 2.28 bits per heavy atom. The van der Waals surface area contributed by atoms with Gasteiger partial charge in [-0.15, -0.1) is 0 Å². The van der Waals surface area contributed by atoms with E-state index in [1.54, 1.807) is 18.2 Å². The van der Waals surface area contributed by atoms with E-state index in [0.29, 0.717) is 28.2 Å². The third-order valence-electron chi connectivity index (χ3n) is 6.61. The average molecular weight is 564 g/mol. The Morgan fingerprint density at radius 2 is 1.59 bits per heavy atom. The van der Waals surface area contributed by atoms with Crippen LogP contribution in [0.1, 0.15) is 22.7 Å². The van der Waals surface area contributed by atoms with Crippen LogP contribution >= 0.6 is 0 Å². The molecule has 0 bridgehead atoms. The molecule has 6 nitrogen and oxygen atoms in total. The SMILES string of the molecule is COC(=O)C1CS(=O)(=O)c2c(-c3cccc(C(F)(F)F)c3)c(C(F)(F)c3cccc4ccccc34)cc(=O)n21. The maximum absolute atomic E-state index is 16.5. The van der Waals surface area contributed by atoms with Crippen molar-refractivity contribution in [1.82, 2.24) is 4.57 Å². The van der Waals surface area contributed by atoms with Gasteiger partial charge >= 0.3 is 12.1 Å². The van der Waals surface area contributed by atoms with Crippen LogP contribution in [0.2, 0.25) is 0 Å². The molecule has 12 heteroatoms. The number of esters is 1. The number of sulfone groups is 1. The number of ether oxygens (including phenoxy) is 1. The number of benzene rings is 3. The van der Waals surface area contributed by atoms with Crippen LogP contribution in [-0.4, -0.2) is 31.8 Å². The van der Waals surface area contributed by atoms with Gasteiger partial charge in [0.1, 0.15) is 11.1 Å². The Morgan fingerprint density at radius 1 is 0.923 bits per heavy atom. The number of hydrogen-bond donors (Lipinski definition) is 0. The van der Waals surface area contributed by atoms with Gasteiger partial charge in [0, 0.05) is 22.8 Å². The van der Waals surface area contributed by atoms with E-state index in [0.717, 1.165) is 25.3 Å². The molecule has 0 radical (unpaired) electrons. The van der Waals surface area contributed by atoms with E-state index in [-0.39, 0.29) is 5.39 Å². The van der Waals surface area contributed by atoms with Gasteiger partial charge in [-0.05, 0) is 28.5 Å². The first kappa shape index (κ1) is 26.5. The zero-order valence-electron chi connectivity index (χ0n) is 20.0. The van der Waals surface area contributed by atoms with E-state index in [2.05, 4.69) is 4.74 Å². The highest BCUT2D eigenvalue weighted by molar-refractivity contribution is 7.91. The summed E-state index contributed by atoms with van der Waals surface area (Å²) in [4.78, 5) is 25.5. The molecule has 1 aliphatic heterocycles. The quantitative estimate of drug-likeness (QED) is 0.248. The summed E-state index contributed by atoms with van der Waals surface area (Å²) in [5, 5.41) is -0.456. The van der Waals surface area contributed by atoms with E-state index >= 15 is 8.78 Å². The van der Waals surface area contributed by atoms with Crippen molar-refractivity contribution in [2.45, 2.75) is 23.2 Å². The zero-order chi connectivity index (χ0) is 28.3. The lowest BCUT2D eigenvalue weighted by atomic mass is 9.90. The molecule has 0 aliphatic carbocycles. The predicted molar refractivity (Wildman–Crippen MR) is 131 cm³/mol. The van der Waals surface area contributed by atoms with Crippen molar-refractivity contribution in [2.24, 2.45) is 0 Å². The number of aromatic nitrogens is 1. The molecule has 3 aromatic carbocycles. The molecule has 0 amide bonds. The fourth-order valence-electron chi connectivity index (χ4n) is 4.89. The predicted octanol–water partition coefficient (Wildman–Crippen LogP) is 5.33. The normalized spacial score (nSPS) is 16.7. The lowest BCUT2D eigenvalue weighted by molar-refractivity contribution is -0.144. The number of fused-ring (bicyclic) bond motifs is 2. The maximum atomic E-state index is 16.5. The number of nitrogens with zero attached hydrogens (tertiary/aromatic N) is 1. The van der Waals surface area contributed by atoms with Gasteiger partial charge in [-0.1, -0.05) is 54.6 Å². The third kappa shape index (κ3) is 4.28. The van der Waals surface area contributed by atoms with Gasteiger partial charge in [-0.2, -0.15) is 22.0 Å². The Labute approximate surface area is 218 Å². The maximum Gasteiger partial charge on any atom is 0.416 e. The van der Waals surface area contributed by atoms with Crippen LogP contribution in [0.3, 0.4) is 0 Å². The zero-order valence-corrected chi connectivity index (χ0v) is 20.8. The minimum atomic E-state index is -4.88. The number of alkyl halides is 5. The second-order valence-electron chi connectivity index (χ2n) is 8.95. The molecule has 1 aliphatic rings. The van der Waals surface area contributed by atoms with E-state index in [1.165, 1.54) is 18.2 Å². The summed E-state index contributed by atoms with van der Waals surface area (Å²) in [6.07, 6.45) is -4.88. The number of hydrogen-bond acceptors (Lipinski definition) is 5. The Bertz CT molecular complexity index is 1810. The highest BCUT2D eigenvalue weighted by atomic mass is 32.2. The monoisotopic (exact) mass is 563 g/mol. The summed E-state index contributed by atoms with van der Waals surface area (Å²) in [6.45, 7) is 0. The van der Waals surface area contributed by atoms with Crippen LogP contribution < -0.4 is 5.56 Å². The third-order valence-corrected chi connectivity index (χ3v) is 8.35. The topological polar surface area (TPSA) is 82.4 Å². The molecule has 2 heterocycles. The smallest absolute Gasteiger partial charge is 0.416 e.